The Morgan fingerprint density at radius 1 is 1.30 bits per heavy atom. The van der Waals surface area contributed by atoms with E-state index in [0.717, 1.165) is 15.4 Å². The molecule has 0 radical (unpaired) electrons. The number of aromatic nitrogens is 2. The second kappa shape index (κ2) is 8.94. The Bertz CT molecular complexity index is 774. The fourth-order valence-corrected chi connectivity index (χ4v) is 4.86. The van der Waals surface area contributed by atoms with Crippen LogP contribution in [0.5, 0.6) is 5.75 Å². The van der Waals surface area contributed by atoms with E-state index in [0.29, 0.717) is 17.6 Å². The highest BCUT2D eigenvalue weighted by Gasteiger charge is 2.38. The van der Waals surface area contributed by atoms with Gasteiger partial charge in [-0.3, -0.25) is 4.68 Å². The van der Waals surface area contributed by atoms with Crippen LogP contribution in [0.2, 0.25) is 18.1 Å². The minimum atomic E-state index is -1.83. The molecule has 5 nitrogen and oxygen atoms in total. The Morgan fingerprint density at radius 3 is 2.56 bits per heavy atom. The summed E-state index contributed by atoms with van der Waals surface area (Å²) in [5.74, 6) is 0.696. The zero-order valence-corrected chi connectivity index (χ0v) is 21.1. The lowest BCUT2D eigenvalue weighted by Gasteiger charge is -2.38. The van der Waals surface area contributed by atoms with Crippen LogP contribution >= 0.6 is 31.9 Å². The summed E-state index contributed by atoms with van der Waals surface area (Å²) in [5, 5.41) is 16.0. The number of ether oxygens (including phenoxy) is 1. The zero-order valence-electron chi connectivity index (χ0n) is 16.9. The fourth-order valence-electron chi connectivity index (χ4n) is 2.56. The molecule has 2 rings (SSSR count). The Labute approximate surface area is 179 Å². The maximum Gasteiger partial charge on any atom is 0.192 e. The van der Waals surface area contributed by atoms with E-state index < -0.39 is 14.4 Å². The topological polar surface area (TPSA) is 56.5 Å². The summed E-state index contributed by atoms with van der Waals surface area (Å²) in [6, 6.07) is 3.88. The monoisotopic (exact) mass is 520 g/mol. The number of rotatable bonds is 8. The average molecular weight is 522 g/mol. The van der Waals surface area contributed by atoms with Crippen molar-refractivity contribution in [3.63, 3.8) is 0 Å². The summed E-state index contributed by atoms with van der Waals surface area (Å²) in [7, 11) is -1.83. The van der Waals surface area contributed by atoms with Gasteiger partial charge in [-0.05, 0) is 53.1 Å². The third kappa shape index (κ3) is 5.56. The molecule has 0 spiro atoms. The standard InChI is InChI=1S/C19H30Br2N2O3Si/c1-13(26-27(5,6)19(2,3)4)11-23-18-14(10-22-23)7-8-16(17(18)21)25-12-15(24)9-20/h7-8,10,13,15,24H,9,11-12H2,1-6H3/t13-,15?/m0/s1. The number of aliphatic hydroxyl groups excluding tert-OH is 1. The minimum Gasteiger partial charge on any atom is -0.490 e. The minimum absolute atomic E-state index is 0.0562. The highest BCUT2D eigenvalue weighted by Crippen LogP contribution is 2.38. The normalized spacial score (nSPS) is 15.1. The molecule has 8 heteroatoms. The first-order valence-corrected chi connectivity index (χ1v) is 14.0. The van der Waals surface area contributed by atoms with Crippen LogP contribution in [0, 0.1) is 0 Å². The van der Waals surface area contributed by atoms with Gasteiger partial charge in [-0.1, -0.05) is 36.7 Å². The first kappa shape index (κ1) is 22.9. The number of aliphatic hydroxyl groups is 1. The SMILES string of the molecule is C[C@@H](Cn1ncc2ccc(OCC(O)CBr)c(Br)c21)O[Si](C)(C)C(C)(C)C. The summed E-state index contributed by atoms with van der Waals surface area (Å²) >= 11 is 6.91. The van der Waals surface area contributed by atoms with Crippen molar-refractivity contribution in [1.82, 2.24) is 9.78 Å². The Balaban J connectivity index is 2.21. The van der Waals surface area contributed by atoms with Gasteiger partial charge in [0.25, 0.3) is 0 Å². The van der Waals surface area contributed by atoms with Gasteiger partial charge in [-0.15, -0.1) is 0 Å². The van der Waals surface area contributed by atoms with Crippen molar-refractivity contribution in [2.75, 3.05) is 11.9 Å². The van der Waals surface area contributed by atoms with Crippen LogP contribution in [0.15, 0.2) is 22.8 Å². The summed E-state index contributed by atoms with van der Waals surface area (Å²) in [6.07, 6.45) is 1.37. The number of nitrogens with zero attached hydrogens (tertiary/aromatic N) is 2. The van der Waals surface area contributed by atoms with Gasteiger partial charge >= 0.3 is 0 Å². The van der Waals surface area contributed by atoms with E-state index in [1.165, 1.54) is 0 Å². The van der Waals surface area contributed by atoms with E-state index in [9.17, 15) is 5.11 Å². The average Bonchev–Trinajstić information content (AvgIpc) is 2.95. The molecule has 0 fully saturated rings. The predicted octanol–water partition coefficient (Wildman–Crippen LogP) is 5.34. The molecule has 0 aliphatic heterocycles. The Morgan fingerprint density at radius 2 is 1.96 bits per heavy atom. The lowest BCUT2D eigenvalue weighted by molar-refractivity contribution is 0.127. The van der Waals surface area contributed by atoms with Crippen molar-refractivity contribution in [3.05, 3.63) is 22.8 Å². The van der Waals surface area contributed by atoms with Gasteiger partial charge in [0.15, 0.2) is 8.32 Å². The van der Waals surface area contributed by atoms with Crippen molar-refractivity contribution in [2.45, 2.75) is 64.6 Å². The van der Waals surface area contributed by atoms with E-state index in [4.69, 9.17) is 9.16 Å². The molecule has 1 N–H and O–H groups in total. The lowest BCUT2D eigenvalue weighted by atomic mass is 10.2. The second-order valence-electron chi connectivity index (χ2n) is 8.45. The molecule has 0 bridgehead atoms. The van der Waals surface area contributed by atoms with Crippen LogP contribution in [-0.4, -0.2) is 47.3 Å². The van der Waals surface area contributed by atoms with Gasteiger partial charge in [-0.2, -0.15) is 5.10 Å². The van der Waals surface area contributed by atoms with Gasteiger partial charge in [0.1, 0.15) is 12.4 Å². The molecule has 0 aliphatic rings. The molecule has 2 aromatic rings. The van der Waals surface area contributed by atoms with Crippen molar-refractivity contribution >= 4 is 51.1 Å². The summed E-state index contributed by atoms with van der Waals surface area (Å²) in [5.41, 5.74) is 0.978. The van der Waals surface area contributed by atoms with Crippen molar-refractivity contribution in [3.8, 4) is 5.75 Å². The summed E-state index contributed by atoms with van der Waals surface area (Å²) in [4.78, 5) is 0. The highest BCUT2D eigenvalue weighted by atomic mass is 79.9. The Kier molecular flexibility index (Phi) is 7.58. The maximum atomic E-state index is 9.71. The van der Waals surface area contributed by atoms with E-state index in [-0.39, 0.29) is 17.7 Å². The first-order chi connectivity index (χ1) is 12.5. The molecule has 1 aromatic carbocycles. The third-order valence-corrected chi connectivity index (χ3v) is 11.2. The van der Waals surface area contributed by atoms with Crippen LogP contribution < -0.4 is 4.74 Å². The number of halogens is 2. The lowest BCUT2D eigenvalue weighted by Crippen LogP contribution is -2.44. The molecule has 0 saturated carbocycles. The summed E-state index contributed by atoms with van der Waals surface area (Å²) in [6.45, 7) is 14.3. The van der Waals surface area contributed by atoms with E-state index >= 15 is 0 Å². The van der Waals surface area contributed by atoms with Crippen LogP contribution in [0.3, 0.4) is 0 Å². The van der Waals surface area contributed by atoms with E-state index in [1.807, 2.05) is 23.0 Å². The van der Waals surface area contributed by atoms with E-state index in [1.54, 1.807) is 0 Å². The van der Waals surface area contributed by atoms with Gasteiger partial charge in [0.05, 0.1) is 34.9 Å². The molecule has 1 heterocycles. The molecule has 0 saturated heterocycles. The van der Waals surface area contributed by atoms with Crippen molar-refractivity contribution in [1.29, 1.82) is 0 Å². The van der Waals surface area contributed by atoms with Crippen molar-refractivity contribution < 1.29 is 14.3 Å². The van der Waals surface area contributed by atoms with Gasteiger partial charge in [0.2, 0.25) is 0 Å². The molecule has 1 unspecified atom stereocenters. The zero-order chi connectivity index (χ0) is 20.4. The molecule has 27 heavy (non-hydrogen) atoms. The largest absolute Gasteiger partial charge is 0.490 e. The number of fused-ring (bicyclic) bond motifs is 1. The highest BCUT2D eigenvalue weighted by molar-refractivity contribution is 9.10. The van der Waals surface area contributed by atoms with Crippen LogP contribution in [0.4, 0.5) is 0 Å². The number of hydrogen-bond acceptors (Lipinski definition) is 4. The van der Waals surface area contributed by atoms with Gasteiger partial charge in [-0.25, -0.2) is 0 Å². The van der Waals surface area contributed by atoms with E-state index in [2.05, 4.69) is 77.7 Å². The number of alkyl halides is 1. The summed E-state index contributed by atoms with van der Waals surface area (Å²) < 4.78 is 15.1. The predicted molar refractivity (Wildman–Crippen MR) is 120 cm³/mol. The third-order valence-electron chi connectivity index (χ3n) is 5.05. The maximum absolute atomic E-state index is 9.71. The molecule has 152 valence electrons. The molecule has 0 aliphatic carbocycles. The quantitative estimate of drug-likeness (QED) is 0.376. The molecule has 0 amide bonds. The molecule has 1 aromatic heterocycles. The van der Waals surface area contributed by atoms with Gasteiger partial charge < -0.3 is 14.3 Å². The molecule has 2 atom stereocenters. The smallest absolute Gasteiger partial charge is 0.192 e. The van der Waals surface area contributed by atoms with Crippen LogP contribution in [0.25, 0.3) is 10.9 Å². The molecular formula is C19H30Br2N2O3Si. The van der Waals surface area contributed by atoms with Crippen LogP contribution in [0.1, 0.15) is 27.7 Å². The number of hydrogen-bond donors (Lipinski definition) is 1. The number of benzene rings is 1. The Hall–Kier alpha value is -0.413. The van der Waals surface area contributed by atoms with Gasteiger partial charge in [0, 0.05) is 10.7 Å². The van der Waals surface area contributed by atoms with Crippen LogP contribution in [-0.2, 0) is 11.0 Å². The van der Waals surface area contributed by atoms with Crippen molar-refractivity contribution in [2.24, 2.45) is 0 Å². The molecular weight excluding hydrogens is 492 g/mol. The fraction of sp³-hybridized carbons (Fsp3) is 0.632. The first-order valence-electron chi connectivity index (χ1n) is 9.15. The second-order valence-corrected chi connectivity index (χ2v) is 14.6.